The highest BCUT2D eigenvalue weighted by Gasteiger charge is 2.29. The van der Waals surface area contributed by atoms with Crippen LogP contribution in [0.4, 0.5) is 5.69 Å². The lowest BCUT2D eigenvalue weighted by molar-refractivity contribution is -0.132. The summed E-state index contributed by atoms with van der Waals surface area (Å²) >= 11 is 3.08. The Morgan fingerprint density at radius 3 is 2.55 bits per heavy atom. The summed E-state index contributed by atoms with van der Waals surface area (Å²) in [6.45, 7) is 6.79. The van der Waals surface area contributed by atoms with Gasteiger partial charge in [-0.25, -0.2) is 15.0 Å². The van der Waals surface area contributed by atoms with Crippen molar-refractivity contribution in [1.29, 1.82) is 0 Å². The van der Waals surface area contributed by atoms with Crippen molar-refractivity contribution in [3.8, 4) is 22.6 Å². The number of likely N-dealkylation sites (tertiary alicyclic amines) is 1. The molecule has 2 fully saturated rings. The molecule has 2 saturated heterocycles. The summed E-state index contributed by atoms with van der Waals surface area (Å²) in [6.07, 6.45) is 4.31. The molecule has 6 aromatic rings. The topological polar surface area (TPSA) is 123 Å². The lowest BCUT2D eigenvalue weighted by Crippen LogP contribution is -2.51. The van der Waals surface area contributed by atoms with E-state index in [1.54, 1.807) is 23.7 Å². The fourth-order valence-corrected chi connectivity index (χ4v) is 8.23. The van der Waals surface area contributed by atoms with Crippen LogP contribution in [0.1, 0.15) is 21.1 Å². The van der Waals surface area contributed by atoms with E-state index in [0.717, 1.165) is 74.0 Å². The number of amides is 2. The van der Waals surface area contributed by atoms with Crippen LogP contribution >= 0.6 is 22.7 Å². The van der Waals surface area contributed by atoms with E-state index in [1.165, 1.54) is 11.3 Å². The number of nitrogens with one attached hydrogen (secondary N) is 2. The quantitative estimate of drug-likeness (QED) is 0.249. The van der Waals surface area contributed by atoms with Crippen LogP contribution in [0.25, 0.3) is 43.1 Å². The van der Waals surface area contributed by atoms with Crippen LogP contribution in [-0.4, -0.2) is 98.6 Å². The maximum atomic E-state index is 13.3. The van der Waals surface area contributed by atoms with Crippen LogP contribution in [0.3, 0.4) is 0 Å². The molecule has 4 aromatic heterocycles. The lowest BCUT2D eigenvalue weighted by Gasteiger charge is -2.36. The van der Waals surface area contributed by atoms with Gasteiger partial charge in [0.05, 0.1) is 26.6 Å². The Bertz CT molecular complexity index is 2060. The van der Waals surface area contributed by atoms with Crippen molar-refractivity contribution in [2.75, 3.05) is 50.7 Å². The first-order valence-electron chi connectivity index (χ1n) is 15.8. The number of fused-ring (bicyclic) bond motifs is 2. The van der Waals surface area contributed by atoms with Crippen LogP contribution in [0.2, 0.25) is 0 Å². The Balaban J connectivity index is 0.828. The minimum absolute atomic E-state index is 0.00594. The summed E-state index contributed by atoms with van der Waals surface area (Å²) in [5, 5.41) is 12.8. The molecule has 13 heteroatoms. The number of nitrogens with zero attached hydrogens (tertiary/aromatic N) is 7. The molecule has 8 rings (SSSR count). The van der Waals surface area contributed by atoms with Crippen LogP contribution in [0.5, 0.6) is 0 Å². The second kappa shape index (κ2) is 12.5. The summed E-state index contributed by atoms with van der Waals surface area (Å²) in [5.41, 5.74) is 4.95. The average molecular weight is 664 g/mol. The van der Waals surface area contributed by atoms with Crippen molar-refractivity contribution < 1.29 is 9.59 Å². The number of piperazine rings is 1. The van der Waals surface area contributed by atoms with Gasteiger partial charge in [0.1, 0.15) is 10.5 Å². The lowest BCUT2D eigenvalue weighted by atomic mass is 10.1. The zero-order valence-electron chi connectivity index (χ0n) is 25.8. The summed E-state index contributed by atoms with van der Waals surface area (Å²) in [6, 6.07) is 18.2. The Morgan fingerprint density at radius 2 is 1.74 bits per heavy atom. The number of carbonyl (C=O) groups excluding carboxylic acids is 2. The molecule has 2 aliphatic rings. The molecule has 2 N–H and O–H groups in total. The van der Waals surface area contributed by atoms with Crippen molar-refractivity contribution in [3.63, 3.8) is 0 Å². The summed E-state index contributed by atoms with van der Waals surface area (Å²) in [7, 11) is 0. The third-order valence-corrected chi connectivity index (χ3v) is 10.9. The zero-order valence-corrected chi connectivity index (χ0v) is 27.5. The van der Waals surface area contributed by atoms with Gasteiger partial charge in [0.2, 0.25) is 5.91 Å². The number of aromatic nitrogens is 5. The number of carbonyl (C=O) groups is 2. The minimum Gasteiger partial charge on any atom is -0.368 e. The number of hydrogen-bond donors (Lipinski definition) is 2. The van der Waals surface area contributed by atoms with Gasteiger partial charge < -0.3 is 15.1 Å². The molecule has 0 saturated carbocycles. The van der Waals surface area contributed by atoms with Crippen molar-refractivity contribution in [2.24, 2.45) is 0 Å². The third kappa shape index (κ3) is 6.09. The number of aromatic amines is 1. The van der Waals surface area contributed by atoms with Crippen molar-refractivity contribution in [1.82, 2.24) is 40.3 Å². The van der Waals surface area contributed by atoms with Crippen LogP contribution in [0.15, 0.2) is 67.0 Å². The fraction of sp³-hybridized carbons (Fsp3) is 0.294. The van der Waals surface area contributed by atoms with Gasteiger partial charge in [-0.05, 0) is 61.9 Å². The number of rotatable bonds is 7. The third-order valence-electron chi connectivity index (χ3n) is 8.90. The maximum absolute atomic E-state index is 13.3. The molecule has 0 bridgehead atoms. The molecule has 6 heterocycles. The van der Waals surface area contributed by atoms with E-state index in [2.05, 4.69) is 58.5 Å². The van der Waals surface area contributed by atoms with Gasteiger partial charge in [-0.3, -0.25) is 19.6 Å². The molecule has 238 valence electrons. The molecule has 47 heavy (non-hydrogen) atoms. The largest absolute Gasteiger partial charge is 0.368 e. The number of H-pyrrole nitrogens is 1. The Labute approximate surface area is 279 Å². The van der Waals surface area contributed by atoms with Gasteiger partial charge in [-0.1, -0.05) is 6.07 Å². The minimum atomic E-state index is -0.0855. The predicted octanol–water partition coefficient (Wildman–Crippen LogP) is 4.82. The summed E-state index contributed by atoms with van der Waals surface area (Å²) < 4.78 is 1.12. The fourth-order valence-electron chi connectivity index (χ4n) is 6.46. The molecule has 2 aliphatic heterocycles. The second-order valence-electron chi connectivity index (χ2n) is 12.0. The molecule has 0 radical (unpaired) electrons. The molecule has 11 nitrogen and oxygen atoms in total. The van der Waals surface area contributed by atoms with Gasteiger partial charge in [0.25, 0.3) is 5.91 Å². The van der Waals surface area contributed by atoms with E-state index in [1.807, 2.05) is 48.2 Å². The van der Waals surface area contributed by atoms with Crippen LogP contribution in [0, 0.1) is 6.92 Å². The number of thiophene rings is 1. The number of aryl methyl sites for hydroxylation is 1. The van der Waals surface area contributed by atoms with Gasteiger partial charge in [-0.15, -0.1) is 22.7 Å². The van der Waals surface area contributed by atoms with Crippen LogP contribution < -0.4 is 10.2 Å². The molecular formula is C34H33N9O2S2. The van der Waals surface area contributed by atoms with E-state index in [4.69, 9.17) is 0 Å². The van der Waals surface area contributed by atoms with Crippen molar-refractivity contribution in [3.05, 3.63) is 76.9 Å². The van der Waals surface area contributed by atoms with E-state index >= 15 is 0 Å². The Hall–Kier alpha value is -4.72. The number of benzene rings is 2. The zero-order chi connectivity index (χ0) is 31.9. The first-order chi connectivity index (χ1) is 23.0. The number of hydrogen-bond acceptors (Lipinski definition) is 10. The smallest absolute Gasteiger partial charge is 0.261 e. The molecule has 0 spiro atoms. The van der Waals surface area contributed by atoms with Crippen molar-refractivity contribution in [2.45, 2.75) is 19.4 Å². The highest BCUT2D eigenvalue weighted by molar-refractivity contribution is 7.20. The first-order valence-corrected chi connectivity index (χ1v) is 17.4. The summed E-state index contributed by atoms with van der Waals surface area (Å²) in [4.78, 5) is 47.6. The maximum Gasteiger partial charge on any atom is 0.261 e. The summed E-state index contributed by atoms with van der Waals surface area (Å²) in [5.74, 6) is 0.774. The molecule has 0 aliphatic carbocycles. The predicted molar refractivity (Wildman–Crippen MR) is 186 cm³/mol. The van der Waals surface area contributed by atoms with E-state index in [-0.39, 0.29) is 17.9 Å². The monoisotopic (exact) mass is 663 g/mol. The SMILES string of the molecule is Cc1nc2ccc(-c3n[nH]c4sc(C(=O)N[C@H]5CCN(CC(=O)N6CCN(c7ccc(-c8ncccn8)cc7)CC6)C5)cc34)cc2s1. The molecule has 1 atom stereocenters. The number of anilines is 1. The normalized spacial score (nSPS) is 17.2. The van der Waals surface area contributed by atoms with Gasteiger partial charge in [0, 0.05) is 79.9 Å². The second-order valence-corrected chi connectivity index (χ2v) is 14.3. The molecule has 0 unspecified atom stereocenters. The van der Waals surface area contributed by atoms with Gasteiger partial charge >= 0.3 is 0 Å². The van der Waals surface area contributed by atoms with E-state index in [9.17, 15) is 9.59 Å². The Kier molecular flexibility index (Phi) is 7.87. The first kappa shape index (κ1) is 29.7. The van der Waals surface area contributed by atoms with E-state index in [0.29, 0.717) is 36.9 Å². The van der Waals surface area contributed by atoms with Gasteiger partial charge in [-0.2, -0.15) is 5.10 Å². The Morgan fingerprint density at radius 1 is 0.957 bits per heavy atom. The molecule has 2 amide bonds. The number of thiazole rings is 1. The highest BCUT2D eigenvalue weighted by Crippen LogP contribution is 2.34. The molecular weight excluding hydrogens is 631 g/mol. The van der Waals surface area contributed by atoms with Gasteiger partial charge in [0.15, 0.2) is 5.82 Å². The highest BCUT2D eigenvalue weighted by atomic mass is 32.1. The van der Waals surface area contributed by atoms with E-state index < -0.39 is 0 Å². The van der Waals surface area contributed by atoms with Crippen molar-refractivity contribution >= 4 is 60.6 Å². The average Bonchev–Trinajstić information content (AvgIpc) is 3.89. The standard InChI is InChI=1S/C34H33N9O2S2/c1-21-37-27-8-5-23(17-28(27)46-21)31-26-18-29(47-34(26)40-39-31)33(45)38-24-9-12-41(19-24)20-30(44)43-15-13-42(14-16-43)25-6-3-22(4-7-25)32-35-10-2-11-36-32/h2-8,10-11,17-18,24H,9,12-16,19-20H2,1H3,(H,38,45)(H,39,40)/t24-/m0/s1. The van der Waals surface area contributed by atoms with Crippen LogP contribution in [-0.2, 0) is 4.79 Å². The molecule has 2 aromatic carbocycles.